The smallest absolute Gasteiger partial charge is 0.338 e. The van der Waals surface area contributed by atoms with E-state index in [0.717, 1.165) is 5.56 Å². The molecule has 0 unspecified atom stereocenters. The fourth-order valence-corrected chi connectivity index (χ4v) is 2.76. The van der Waals surface area contributed by atoms with Crippen molar-refractivity contribution in [2.24, 2.45) is 0 Å². The summed E-state index contributed by atoms with van der Waals surface area (Å²) in [5, 5.41) is 9.51. The summed E-state index contributed by atoms with van der Waals surface area (Å²) in [6, 6.07) is 11.2. The third-order valence-electron chi connectivity index (χ3n) is 3.37. The molecule has 0 bridgehead atoms. The van der Waals surface area contributed by atoms with Crippen LogP contribution in [-0.2, 0) is 5.41 Å². The van der Waals surface area contributed by atoms with Crippen LogP contribution in [0.2, 0.25) is 10.0 Å². The highest BCUT2D eigenvalue weighted by molar-refractivity contribution is 6.41. The number of benzene rings is 2. The molecule has 0 aliphatic carbocycles. The van der Waals surface area contributed by atoms with E-state index in [9.17, 15) is 9.90 Å². The molecule has 0 saturated carbocycles. The van der Waals surface area contributed by atoms with Gasteiger partial charge in [0, 0.05) is 5.56 Å². The van der Waals surface area contributed by atoms with E-state index in [4.69, 9.17) is 23.2 Å². The van der Waals surface area contributed by atoms with Crippen LogP contribution in [0.1, 0.15) is 36.7 Å². The van der Waals surface area contributed by atoms with Gasteiger partial charge in [-0.2, -0.15) is 0 Å². The zero-order valence-corrected chi connectivity index (χ0v) is 13.6. The number of halogens is 2. The van der Waals surface area contributed by atoms with Crippen LogP contribution in [0.25, 0.3) is 11.1 Å². The van der Waals surface area contributed by atoms with Crippen molar-refractivity contribution in [2.75, 3.05) is 0 Å². The lowest BCUT2D eigenvalue weighted by Crippen LogP contribution is -2.10. The van der Waals surface area contributed by atoms with Crippen LogP contribution >= 0.6 is 23.2 Å². The lowest BCUT2D eigenvalue weighted by Gasteiger charge is -2.19. The highest BCUT2D eigenvalue weighted by Gasteiger charge is 2.18. The zero-order chi connectivity index (χ0) is 15.8. The van der Waals surface area contributed by atoms with Crippen LogP contribution in [-0.4, -0.2) is 11.1 Å². The first kappa shape index (κ1) is 15.9. The van der Waals surface area contributed by atoms with Crippen molar-refractivity contribution in [3.05, 3.63) is 57.6 Å². The largest absolute Gasteiger partial charge is 0.478 e. The topological polar surface area (TPSA) is 37.3 Å². The van der Waals surface area contributed by atoms with Gasteiger partial charge in [-0.25, -0.2) is 4.79 Å². The Morgan fingerprint density at radius 2 is 1.57 bits per heavy atom. The van der Waals surface area contributed by atoms with Crippen molar-refractivity contribution in [2.45, 2.75) is 26.2 Å². The number of aromatic carboxylic acids is 1. The van der Waals surface area contributed by atoms with E-state index >= 15 is 0 Å². The molecule has 0 aliphatic heterocycles. The average Bonchev–Trinajstić information content (AvgIpc) is 2.37. The van der Waals surface area contributed by atoms with E-state index in [1.54, 1.807) is 12.1 Å². The molecular formula is C17H16Cl2O2. The first-order valence-electron chi connectivity index (χ1n) is 6.54. The number of carbonyl (C=O) groups is 1. The minimum Gasteiger partial charge on any atom is -0.478 e. The molecule has 0 fully saturated rings. The molecule has 0 saturated heterocycles. The summed E-state index contributed by atoms with van der Waals surface area (Å²) in [6.45, 7) is 6.42. The zero-order valence-electron chi connectivity index (χ0n) is 12.1. The Morgan fingerprint density at radius 1 is 1.00 bits per heavy atom. The van der Waals surface area contributed by atoms with Gasteiger partial charge in [-0.05, 0) is 22.6 Å². The van der Waals surface area contributed by atoms with E-state index in [1.807, 2.05) is 24.3 Å². The molecule has 1 N–H and O–H groups in total. The highest BCUT2D eigenvalue weighted by Crippen LogP contribution is 2.35. The van der Waals surface area contributed by atoms with Gasteiger partial charge in [0.2, 0.25) is 0 Å². The van der Waals surface area contributed by atoms with Crippen molar-refractivity contribution in [1.82, 2.24) is 0 Å². The molecule has 0 spiro atoms. The summed E-state index contributed by atoms with van der Waals surface area (Å²) in [5.41, 5.74) is 2.74. The molecule has 2 nitrogen and oxygen atoms in total. The quantitative estimate of drug-likeness (QED) is 0.774. The van der Waals surface area contributed by atoms with Crippen molar-refractivity contribution >= 4 is 29.2 Å². The maximum absolute atomic E-state index is 11.2. The molecule has 2 rings (SSSR count). The highest BCUT2D eigenvalue weighted by atomic mass is 35.5. The van der Waals surface area contributed by atoms with Crippen LogP contribution < -0.4 is 0 Å². The summed E-state index contributed by atoms with van der Waals surface area (Å²) in [5.74, 6) is -1.13. The Morgan fingerprint density at radius 3 is 2.05 bits per heavy atom. The predicted molar refractivity (Wildman–Crippen MR) is 87.6 cm³/mol. The van der Waals surface area contributed by atoms with E-state index in [2.05, 4.69) is 20.8 Å². The molecule has 110 valence electrons. The third-order valence-corrected chi connectivity index (χ3v) is 4.07. The number of carboxylic acids is 1. The van der Waals surface area contributed by atoms with Gasteiger partial charge in [0.05, 0.1) is 15.6 Å². The number of carboxylic acid groups (broad SMARTS) is 1. The van der Waals surface area contributed by atoms with Gasteiger partial charge < -0.3 is 5.11 Å². The number of hydrogen-bond acceptors (Lipinski definition) is 1. The molecule has 0 radical (unpaired) electrons. The molecular weight excluding hydrogens is 307 g/mol. The maximum atomic E-state index is 11.2. The Bertz CT molecular complexity index is 683. The van der Waals surface area contributed by atoms with Gasteiger partial charge >= 0.3 is 5.97 Å². The van der Waals surface area contributed by atoms with Gasteiger partial charge in [0.1, 0.15) is 0 Å². The molecule has 2 aromatic rings. The Hall–Kier alpha value is -1.51. The monoisotopic (exact) mass is 322 g/mol. The van der Waals surface area contributed by atoms with Crippen molar-refractivity contribution in [3.63, 3.8) is 0 Å². The SMILES string of the molecule is CC(C)(C)c1ccc(-c2ccc(Cl)c(C(=O)O)c2Cl)cc1. The summed E-state index contributed by atoms with van der Waals surface area (Å²) in [7, 11) is 0. The van der Waals surface area contributed by atoms with Gasteiger partial charge in [0.15, 0.2) is 0 Å². The summed E-state index contributed by atoms with van der Waals surface area (Å²) < 4.78 is 0. The second-order valence-electron chi connectivity index (χ2n) is 5.92. The molecule has 0 atom stereocenters. The first-order chi connectivity index (χ1) is 9.71. The maximum Gasteiger partial charge on any atom is 0.338 e. The van der Waals surface area contributed by atoms with Gasteiger partial charge in [0.25, 0.3) is 0 Å². The average molecular weight is 323 g/mol. The Balaban J connectivity index is 2.53. The fraction of sp³-hybridized carbons (Fsp3) is 0.235. The number of hydrogen-bond donors (Lipinski definition) is 1. The van der Waals surface area contributed by atoms with Crippen LogP contribution in [0.4, 0.5) is 0 Å². The first-order valence-corrected chi connectivity index (χ1v) is 7.29. The van der Waals surface area contributed by atoms with E-state index in [1.165, 1.54) is 5.56 Å². The molecule has 0 heterocycles. The molecule has 4 heteroatoms. The Kier molecular flexibility index (Phi) is 4.31. The third kappa shape index (κ3) is 3.22. The second-order valence-corrected chi connectivity index (χ2v) is 6.70. The van der Waals surface area contributed by atoms with Gasteiger partial charge in [-0.3, -0.25) is 0 Å². The minimum atomic E-state index is -1.13. The van der Waals surface area contributed by atoms with Crippen molar-refractivity contribution in [3.8, 4) is 11.1 Å². The molecule has 0 aliphatic rings. The normalized spacial score (nSPS) is 11.5. The van der Waals surface area contributed by atoms with Gasteiger partial charge in [-0.15, -0.1) is 0 Å². The minimum absolute atomic E-state index is 0.0595. The van der Waals surface area contributed by atoms with Crippen molar-refractivity contribution in [1.29, 1.82) is 0 Å². The van der Waals surface area contributed by atoms with E-state index in [-0.39, 0.29) is 21.0 Å². The summed E-state index contributed by atoms with van der Waals surface area (Å²) in [6.07, 6.45) is 0. The fourth-order valence-electron chi connectivity index (χ4n) is 2.12. The molecule has 0 amide bonds. The van der Waals surface area contributed by atoms with Crippen LogP contribution in [0.3, 0.4) is 0 Å². The van der Waals surface area contributed by atoms with Crippen LogP contribution in [0.15, 0.2) is 36.4 Å². The van der Waals surface area contributed by atoms with Gasteiger partial charge in [-0.1, -0.05) is 74.3 Å². The van der Waals surface area contributed by atoms with Crippen LogP contribution in [0, 0.1) is 0 Å². The Labute approximate surface area is 134 Å². The van der Waals surface area contributed by atoms with E-state index in [0.29, 0.717) is 5.56 Å². The number of rotatable bonds is 2. The van der Waals surface area contributed by atoms with Crippen LogP contribution in [0.5, 0.6) is 0 Å². The second kappa shape index (κ2) is 5.70. The molecule has 2 aromatic carbocycles. The molecule has 21 heavy (non-hydrogen) atoms. The lowest BCUT2D eigenvalue weighted by molar-refractivity contribution is 0.0697. The van der Waals surface area contributed by atoms with Crippen molar-refractivity contribution < 1.29 is 9.90 Å². The predicted octanol–water partition coefficient (Wildman–Crippen LogP) is 5.66. The van der Waals surface area contributed by atoms with E-state index < -0.39 is 5.97 Å². The molecule has 0 aromatic heterocycles. The summed E-state index contributed by atoms with van der Waals surface area (Å²) in [4.78, 5) is 11.2. The standard InChI is InChI=1S/C17H16Cl2O2/c1-17(2,3)11-6-4-10(5-7-11)12-8-9-13(18)14(15(12)19)16(20)21/h4-9H,1-3H3,(H,20,21). The summed E-state index contributed by atoms with van der Waals surface area (Å²) >= 11 is 12.1. The lowest BCUT2D eigenvalue weighted by atomic mass is 9.86.